The van der Waals surface area contributed by atoms with Crippen molar-refractivity contribution < 1.29 is 28.6 Å². The average Bonchev–Trinajstić information content (AvgIpc) is 3.41. The Morgan fingerprint density at radius 3 is 0.760 bits per heavy atom. The van der Waals surface area contributed by atoms with Gasteiger partial charge in [0.05, 0.1) is 0 Å². The molecule has 0 bridgehead atoms. The SMILES string of the molecule is CCCCCC/C=C\C/C=C\CCCCCCCCCC(=O)OC(COC(=O)CCCCCCC/C=C\CCCCCCCCC)COC(=O)CCCCCCCCCCCCC/C=C\CCCCCCCCCC. The molecular formula is C69H126O6. The second kappa shape index (κ2) is 63.9. The van der Waals surface area contributed by atoms with Crippen molar-refractivity contribution in [2.75, 3.05) is 13.2 Å². The number of hydrogen-bond donors (Lipinski definition) is 0. The number of carbonyl (C=O) groups is 3. The van der Waals surface area contributed by atoms with Gasteiger partial charge in [-0.2, -0.15) is 0 Å². The number of rotatable bonds is 61. The summed E-state index contributed by atoms with van der Waals surface area (Å²) in [5.74, 6) is -0.873. The topological polar surface area (TPSA) is 78.9 Å². The van der Waals surface area contributed by atoms with Gasteiger partial charge < -0.3 is 14.2 Å². The molecule has 0 rings (SSSR count). The van der Waals surface area contributed by atoms with Crippen molar-refractivity contribution in [3.05, 3.63) is 48.6 Å². The monoisotopic (exact) mass is 1050 g/mol. The summed E-state index contributed by atoms with van der Waals surface area (Å²) >= 11 is 0. The molecule has 1 unspecified atom stereocenters. The molecular weight excluding hydrogens is 925 g/mol. The van der Waals surface area contributed by atoms with Crippen LogP contribution in [0.5, 0.6) is 0 Å². The summed E-state index contributed by atoms with van der Waals surface area (Å²) < 4.78 is 17.0. The standard InChI is InChI=1S/C69H126O6/c1-4-7-10-13-16-19-22-25-28-31-33-34-35-36-37-39-41-44-47-50-53-56-59-62-68(71)74-65-66(64-73-67(70)61-58-55-52-49-46-43-40-30-27-24-21-18-15-12-9-6-3)75-69(72)63-60-57-54-51-48-45-42-38-32-29-26-23-20-17-14-11-8-5-2/h20,23,29-33,40,66H,4-19,21-22,24-28,34-39,41-65H2,1-3H3/b23-20-,32-29-,33-31-,40-30-. The molecule has 0 saturated carbocycles. The summed E-state index contributed by atoms with van der Waals surface area (Å²) in [5.41, 5.74) is 0. The molecule has 0 aromatic heterocycles. The van der Waals surface area contributed by atoms with E-state index in [1.54, 1.807) is 0 Å². The molecule has 0 aliphatic carbocycles. The van der Waals surface area contributed by atoms with Crippen molar-refractivity contribution in [2.24, 2.45) is 0 Å². The lowest BCUT2D eigenvalue weighted by Gasteiger charge is -2.18. The molecule has 6 nitrogen and oxygen atoms in total. The van der Waals surface area contributed by atoms with E-state index in [0.717, 1.165) is 77.0 Å². The summed E-state index contributed by atoms with van der Waals surface area (Å²) in [6, 6.07) is 0. The van der Waals surface area contributed by atoms with Gasteiger partial charge in [-0.15, -0.1) is 0 Å². The van der Waals surface area contributed by atoms with E-state index in [0.29, 0.717) is 19.3 Å². The quantitative estimate of drug-likeness (QED) is 0.0261. The van der Waals surface area contributed by atoms with Gasteiger partial charge in [0.1, 0.15) is 13.2 Å². The van der Waals surface area contributed by atoms with Crippen LogP contribution in [0.2, 0.25) is 0 Å². The normalized spacial score (nSPS) is 12.3. The highest BCUT2D eigenvalue weighted by atomic mass is 16.6. The van der Waals surface area contributed by atoms with E-state index in [1.807, 2.05) is 0 Å². The van der Waals surface area contributed by atoms with Crippen LogP contribution in [0.4, 0.5) is 0 Å². The first-order valence-electron chi connectivity index (χ1n) is 33.1. The molecule has 0 aliphatic heterocycles. The van der Waals surface area contributed by atoms with Crippen LogP contribution in [0.25, 0.3) is 0 Å². The maximum Gasteiger partial charge on any atom is 0.306 e. The number of allylic oxidation sites excluding steroid dienone is 8. The Morgan fingerprint density at radius 2 is 0.480 bits per heavy atom. The largest absolute Gasteiger partial charge is 0.462 e. The van der Waals surface area contributed by atoms with Crippen LogP contribution >= 0.6 is 0 Å². The third kappa shape index (κ3) is 62.1. The fourth-order valence-corrected chi connectivity index (χ4v) is 9.76. The van der Waals surface area contributed by atoms with E-state index in [1.165, 1.54) is 238 Å². The highest BCUT2D eigenvalue weighted by Gasteiger charge is 2.19. The van der Waals surface area contributed by atoms with Crippen LogP contribution in [-0.4, -0.2) is 37.2 Å². The Balaban J connectivity index is 4.33. The van der Waals surface area contributed by atoms with E-state index in [9.17, 15) is 14.4 Å². The highest BCUT2D eigenvalue weighted by molar-refractivity contribution is 5.71. The number of ether oxygens (including phenoxy) is 3. The van der Waals surface area contributed by atoms with Crippen molar-refractivity contribution in [2.45, 2.75) is 361 Å². The third-order valence-electron chi connectivity index (χ3n) is 14.8. The first-order valence-corrected chi connectivity index (χ1v) is 33.1. The van der Waals surface area contributed by atoms with E-state index < -0.39 is 6.10 Å². The van der Waals surface area contributed by atoms with Crippen molar-refractivity contribution >= 4 is 17.9 Å². The Kier molecular flexibility index (Phi) is 61.7. The molecule has 0 aliphatic rings. The summed E-state index contributed by atoms with van der Waals surface area (Å²) in [6.07, 6.45) is 79.7. The highest BCUT2D eigenvalue weighted by Crippen LogP contribution is 2.17. The predicted molar refractivity (Wildman–Crippen MR) is 325 cm³/mol. The minimum absolute atomic E-state index is 0.0770. The first-order chi connectivity index (χ1) is 37.0. The molecule has 75 heavy (non-hydrogen) atoms. The van der Waals surface area contributed by atoms with Gasteiger partial charge in [0.2, 0.25) is 0 Å². The Labute approximate surface area is 467 Å². The van der Waals surface area contributed by atoms with Crippen molar-refractivity contribution in [1.29, 1.82) is 0 Å². The molecule has 0 spiro atoms. The van der Waals surface area contributed by atoms with Crippen molar-refractivity contribution in [1.82, 2.24) is 0 Å². The lowest BCUT2D eigenvalue weighted by atomic mass is 10.0. The molecule has 0 saturated heterocycles. The molecule has 0 heterocycles. The summed E-state index contributed by atoms with van der Waals surface area (Å²) in [5, 5.41) is 0. The first kappa shape index (κ1) is 72.4. The second-order valence-electron chi connectivity index (χ2n) is 22.4. The minimum Gasteiger partial charge on any atom is -0.462 e. The van der Waals surface area contributed by atoms with Gasteiger partial charge in [-0.05, 0) is 103 Å². The number of unbranched alkanes of at least 4 members (excludes halogenated alkanes) is 42. The van der Waals surface area contributed by atoms with Crippen LogP contribution in [0.15, 0.2) is 48.6 Å². The molecule has 0 amide bonds. The van der Waals surface area contributed by atoms with Crippen LogP contribution in [0.3, 0.4) is 0 Å². The molecule has 438 valence electrons. The minimum atomic E-state index is -0.781. The van der Waals surface area contributed by atoms with Crippen LogP contribution in [-0.2, 0) is 28.6 Å². The molecule has 1 atom stereocenters. The van der Waals surface area contributed by atoms with Crippen LogP contribution in [0, 0.1) is 0 Å². The fourth-order valence-electron chi connectivity index (χ4n) is 9.76. The van der Waals surface area contributed by atoms with Gasteiger partial charge in [-0.1, -0.05) is 281 Å². The van der Waals surface area contributed by atoms with E-state index in [4.69, 9.17) is 14.2 Å². The molecule has 0 aromatic rings. The molecule has 0 N–H and O–H groups in total. The van der Waals surface area contributed by atoms with E-state index in [2.05, 4.69) is 69.4 Å². The maximum absolute atomic E-state index is 12.9. The van der Waals surface area contributed by atoms with Gasteiger partial charge in [0.15, 0.2) is 6.10 Å². The summed E-state index contributed by atoms with van der Waals surface area (Å²) in [6.45, 7) is 6.66. The molecule has 0 radical (unpaired) electrons. The van der Waals surface area contributed by atoms with Gasteiger partial charge in [0.25, 0.3) is 0 Å². The molecule has 6 heteroatoms. The van der Waals surface area contributed by atoms with Gasteiger partial charge in [0, 0.05) is 19.3 Å². The zero-order valence-corrected chi connectivity index (χ0v) is 50.3. The fraction of sp³-hybridized carbons (Fsp3) is 0.841. The zero-order chi connectivity index (χ0) is 54.3. The zero-order valence-electron chi connectivity index (χ0n) is 50.3. The molecule has 0 aromatic carbocycles. The Morgan fingerprint density at radius 1 is 0.267 bits per heavy atom. The van der Waals surface area contributed by atoms with Crippen LogP contribution < -0.4 is 0 Å². The predicted octanol–water partition coefficient (Wildman–Crippen LogP) is 22.6. The lowest BCUT2D eigenvalue weighted by Crippen LogP contribution is -2.30. The second-order valence-corrected chi connectivity index (χ2v) is 22.4. The van der Waals surface area contributed by atoms with Gasteiger partial charge >= 0.3 is 17.9 Å². The number of esters is 3. The Hall–Kier alpha value is -2.63. The number of hydrogen-bond acceptors (Lipinski definition) is 6. The Bertz CT molecular complexity index is 1300. The average molecular weight is 1050 g/mol. The number of carbonyl (C=O) groups excluding carboxylic acids is 3. The maximum atomic E-state index is 12.9. The van der Waals surface area contributed by atoms with Gasteiger partial charge in [-0.25, -0.2) is 0 Å². The van der Waals surface area contributed by atoms with Crippen molar-refractivity contribution in [3.63, 3.8) is 0 Å². The lowest BCUT2D eigenvalue weighted by molar-refractivity contribution is -0.167. The summed E-state index contributed by atoms with van der Waals surface area (Å²) in [4.78, 5) is 38.4. The van der Waals surface area contributed by atoms with E-state index >= 15 is 0 Å². The summed E-state index contributed by atoms with van der Waals surface area (Å²) in [7, 11) is 0. The molecule has 0 fully saturated rings. The third-order valence-corrected chi connectivity index (χ3v) is 14.8. The van der Waals surface area contributed by atoms with E-state index in [-0.39, 0.29) is 31.1 Å². The van der Waals surface area contributed by atoms with Crippen molar-refractivity contribution in [3.8, 4) is 0 Å². The van der Waals surface area contributed by atoms with Crippen LogP contribution in [0.1, 0.15) is 355 Å². The van der Waals surface area contributed by atoms with Gasteiger partial charge in [-0.3, -0.25) is 14.4 Å². The smallest absolute Gasteiger partial charge is 0.306 e.